The normalized spacial score (nSPS) is 14.7. The molecule has 1 heterocycles. The lowest BCUT2D eigenvalue weighted by molar-refractivity contribution is -0.384. The minimum absolute atomic E-state index is 0.0104. The Hall–Kier alpha value is -4.07. The van der Waals surface area contributed by atoms with Gasteiger partial charge in [0.05, 0.1) is 25.2 Å². The summed E-state index contributed by atoms with van der Waals surface area (Å²) >= 11 is 0. The number of nitrogens with zero attached hydrogens (tertiary/aromatic N) is 2. The Morgan fingerprint density at radius 3 is 2.31 bits per heavy atom. The van der Waals surface area contributed by atoms with E-state index in [9.17, 15) is 14.9 Å². The summed E-state index contributed by atoms with van der Waals surface area (Å²) in [6.07, 6.45) is 0.667. The molecular formula is C27H28N2O6. The maximum absolute atomic E-state index is 13.6. The minimum Gasteiger partial charge on any atom is -0.493 e. The number of nitro benzene ring substituents is 1. The summed E-state index contributed by atoms with van der Waals surface area (Å²) in [7, 11) is 3.17. The predicted molar refractivity (Wildman–Crippen MR) is 132 cm³/mol. The van der Waals surface area contributed by atoms with Crippen LogP contribution in [-0.2, 0) is 6.42 Å². The highest BCUT2D eigenvalue weighted by Crippen LogP contribution is 2.39. The van der Waals surface area contributed by atoms with Crippen LogP contribution in [0.3, 0.4) is 0 Å². The van der Waals surface area contributed by atoms with E-state index in [1.54, 1.807) is 26.4 Å². The number of carbonyl (C=O) groups is 1. The zero-order valence-corrected chi connectivity index (χ0v) is 20.2. The van der Waals surface area contributed by atoms with E-state index in [1.807, 2.05) is 49.1 Å². The molecule has 0 spiro atoms. The first-order valence-corrected chi connectivity index (χ1v) is 11.3. The molecule has 35 heavy (non-hydrogen) atoms. The highest BCUT2D eigenvalue weighted by Gasteiger charge is 2.33. The molecule has 0 bridgehead atoms. The lowest BCUT2D eigenvalue weighted by Gasteiger charge is -2.37. The molecule has 1 unspecified atom stereocenters. The molecule has 1 atom stereocenters. The number of rotatable bonds is 7. The molecule has 1 aliphatic rings. The summed E-state index contributed by atoms with van der Waals surface area (Å²) in [6, 6.07) is 15.1. The zero-order valence-electron chi connectivity index (χ0n) is 20.2. The van der Waals surface area contributed by atoms with Gasteiger partial charge in [0.1, 0.15) is 12.4 Å². The second kappa shape index (κ2) is 10.0. The van der Waals surface area contributed by atoms with Gasteiger partial charge in [-0.1, -0.05) is 6.07 Å². The molecule has 1 aliphatic heterocycles. The van der Waals surface area contributed by atoms with Crippen molar-refractivity contribution in [3.8, 4) is 17.2 Å². The van der Waals surface area contributed by atoms with Gasteiger partial charge >= 0.3 is 0 Å². The van der Waals surface area contributed by atoms with Gasteiger partial charge in [0.2, 0.25) is 0 Å². The predicted octanol–water partition coefficient (Wildman–Crippen LogP) is 5.05. The first-order chi connectivity index (χ1) is 16.8. The third-order valence-electron chi connectivity index (χ3n) is 6.47. The Bertz CT molecular complexity index is 1260. The van der Waals surface area contributed by atoms with Crippen molar-refractivity contribution < 1.29 is 23.9 Å². The first kappa shape index (κ1) is 24.1. The molecule has 0 fully saturated rings. The Labute approximate surface area is 204 Å². The van der Waals surface area contributed by atoms with E-state index in [0.29, 0.717) is 35.8 Å². The van der Waals surface area contributed by atoms with Gasteiger partial charge in [0, 0.05) is 24.2 Å². The van der Waals surface area contributed by atoms with Crippen molar-refractivity contribution in [1.82, 2.24) is 4.90 Å². The Morgan fingerprint density at radius 1 is 1.00 bits per heavy atom. The van der Waals surface area contributed by atoms with Crippen LogP contribution in [0.1, 0.15) is 38.7 Å². The Kier molecular flexibility index (Phi) is 6.91. The summed E-state index contributed by atoms with van der Waals surface area (Å²) in [6.45, 7) is 4.70. The Morgan fingerprint density at radius 2 is 1.69 bits per heavy atom. The zero-order chi connectivity index (χ0) is 25.1. The van der Waals surface area contributed by atoms with E-state index in [0.717, 1.165) is 22.3 Å². The summed E-state index contributed by atoms with van der Waals surface area (Å²) in [5.41, 5.74) is 4.77. The van der Waals surface area contributed by atoms with E-state index in [1.165, 1.54) is 12.1 Å². The van der Waals surface area contributed by atoms with Crippen molar-refractivity contribution in [1.29, 1.82) is 0 Å². The number of hydrogen-bond acceptors (Lipinski definition) is 6. The van der Waals surface area contributed by atoms with Crippen LogP contribution in [0.5, 0.6) is 17.2 Å². The summed E-state index contributed by atoms with van der Waals surface area (Å²) in [5.74, 6) is 1.62. The fourth-order valence-corrected chi connectivity index (χ4v) is 4.33. The van der Waals surface area contributed by atoms with E-state index in [-0.39, 0.29) is 24.2 Å². The maximum Gasteiger partial charge on any atom is 0.269 e. The number of benzene rings is 3. The largest absolute Gasteiger partial charge is 0.493 e. The molecule has 1 amide bonds. The number of nitro groups is 1. The molecule has 0 N–H and O–H groups in total. The average Bonchev–Trinajstić information content (AvgIpc) is 2.87. The smallest absolute Gasteiger partial charge is 0.269 e. The van der Waals surface area contributed by atoms with Crippen molar-refractivity contribution in [3.05, 3.63) is 92.5 Å². The molecule has 3 aromatic carbocycles. The highest BCUT2D eigenvalue weighted by molar-refractivity contribution is 5.95. The molecule has 182 valence electrons. The number of methoxy groups -OCH3 is 2. The van der Waals surface area contributed by atoms with Crippen LogP contribution in [0.15, 0.2) is 54.6 Å². The maximum atomic E-state index is 13.6. The van der Waals surface area contributed by atoms with Gasteiger partial charge < -0.3 is 19.1 Å². The van der Waals surface area contributed by atoms with Gasteiger partial charge in [-0.25, -0.2) is 0 Å². The summed E-state index contributed by atoms with van der Waals surface area (Å²) < 4.78 is 17.0. The lowest BCUT2D eigenvalue weighted by atomic mass is 9.91. The molecule has 0 radical (unpaired) electrons. The molecule has 0 aliphatic carbocycles. The lowest BCUT2D eigenvalue weighted by Crippen LogP contribution is -2.42. The fraction of sp³-hybridized carbons (Fsp3) is 0.296. The van der Waals surface area contributed by atoms with Crippen LogP contribution < -0.4 is 14.2 Å². The molecule has 3 aromatic rings. The summed E-state index contributed by atoms with van der Waals surface area (Å²) in [5, 5.41) is 11.0. The van der Waals surface area contributed by atoms with E-state index >= 15 is 0 Å². The van der Waals surface area contributed by atoms with Crippen LogP contribution in [0.25, 0.3) is 0 Å². The van der Waals surface area contributed by atoms with Gasteiger partial charge in [0.25, 0.3) is 11.6 Å². The molecule has 0 saturated carbocycles. The number of ether oxygens (including phenoxy) is 3. The number of amides is 1. The van der Waals surface area contributed by atoms with E-state index < -0.39 is 4.92 Å². The van der Waals surface area contributed by atoms with Gasteiger partial charge in [-0.3, -0.25) is 14.9 Å². The van der Waals surface area contributed by atoms with Crippen LogP contribution in [0.2, 0.25) is 0 Å². The summed E-state index contributed by atoms with van der Waals surface area (Å²) in [4.78, 5) is 26.0. The van der Waals surface area contributed by atoms with Crippen molar-refractivity contribution in [2.45, 2.75) is 26.3 Å². The molecule has 8 heteroatoms. The second-order valence-corrected chi connectivity index (χ2v) is 8.53. The van der Waals surface area contributed by atoms with Crippen LogP contribution >= 0.6 is 0 Å². The Balaban J connectivity index is 1.69. The molecule has 8 nitrogen and oxygen atoms in total. The number of non-ortho nitro benzene ring substituents is 1. The van der Waals surface area contributed by atoms with Crippen molar-refractivity contribution >= 4 is 11.6 Å². The SMILES string of the molecule is COc1cc2c(cc1OC)C(COc1ccc([N+](=O)[O-])cc1)N(C(=O)c1ccc(C)c(C)c1)CC2. The van der Waals surface area contributed by atoms with Gasteiger partial charge in [-0.2, -0.15) is 0 Å². The second-order valence-electron chi connectivity index (χ2n) is 8.53. The van der Waals surface area contributed by atoms with Crippen molar-refractivity contribution in [2.75, 3.05) is 27.4 Å². The topological polar surface area (TPSA) is 91.1 Å². The fourth-order valence-electron chi connectivity index (χ4n) is 4.33. The molecule has 0 saturated heterocycles. The third-order valence-corrected chi connectivity index (χ3v) is 6.47. The molecule has 4 rings (SSSR count). The van der Waals surface area contributed by atoms with E-state index in [4.69, 9.17) is 14.2 Å². The van der Waals surface area contributed by atoms with Gasteiger partial charge in [-0.05, 0) is 78.9 Å². The number of fused-ring (bicyclic) bond motifs is 1. The monoisotopic (exact) mass is 476 g/mol. The van der Waals surface area contributed by atoms with Gasteiger partial charge in [-0.15, -0.1) is 0 Å². The van der Waals surface area contributed by atoms with Gasteiger partial charge in [0.15, 0.2) is 11.5 Å². The quantitative estimate of drug-likeness (QED) is 0.350. The number of aryl methyl sites for hydroxylation is 2. The van der Waals surface area contributed by atoms with Crippen LogP contribution in [0.4, 0.5) is 5.69 Å². The van der Waals surface area contributed by atoms with Crippen molar-refractivity contribution in [3.63, 3.8) is 0 Å². The molecular weight excluding hydrogens is 448 g/mol. The molecule has 0 aromatic heterocycles. The third kappa shape index (κ3) is 4.91. The minimum atomic E-state index is -0.454. The first-order valence-electron chi connectivity index (χ1n) is 11.3. The van der Waals surface area contributed by atoms with E-state index in [2.05, 4.69) is 0 Å². The van der Waals surface area contributed by atoms with Crippen LogP contribution in [0, 0.1) is 24.0 Å². The van der Waals surface area contributed by atoms with Crippen molar-refractivity contribution in [2.24, 2.45) is 0 Å². The number of hydrogen-bond donors (Lipinski definition) is 0. The van der Waals surface area contributed by atoms with Crippen LogP contribution in [-0.4, -0.2) is 43.1 Å². The highest BCUT2D eigenvalue weighted by atomic mass is 16.6. The number of carbonyl (C=O) groups excluding carboxylic acids is 1. The average molecular weight is 477 g/mol. The standard InChI is InChI=1S/C27H28N2O6/c1-17-5-6-20(13-18(17)2)27(30)28-12-11-19-14-25(33-3)26(34-4)15-23(19)24(28)16-35-22-9-7-21(8-10-22)29(31)32/h5-10,13-15,24H,11-12,16H2,1-4H3.